The molecule has 4 nitrogen and oxygen atoms in total. The molecular formula is C13H21NO3. The number of nitrogens with one attached hydrogen (secondary N) is 1. The number of ether oxygens (including phenoxy) is 1. The lowest BCUT2D eigenvalue weighted by Gasteiger charge is -2.06. The van der Waals surface area contributed by atoms with Crippen molar-refractivity contribution in [1.29, 1.82) is 0 Å². The second kappa shape index (κ2) is 7.65. The molecule has 96 valence electrons. The van der Waals surface area contributed by atoms with E-state index in [1.807, 2.05) is 27.7 Å². The summed E-state index contributed by atoms with van der Waals surface area (Å²) in [7, 11) is 0. The smallest absolute Gasteiger partial charge is 0.339 e. The summed E-state index contributed by atoms with van der Waals surface area (Å²) in [6, 6.07) is 1.58. The van der Waals surface area contributed by atoms with Crippen molar-refractivity contribution < 1.29 is 9.53 Å². The minimum Gasteiger partial charge on any atom is -0.462 e. The van der Waals surface area contributed by atoms with Gasteiger partial charge in [-0.25, -0.2) is 4.79 Å². The van der Waals surface area contributed by atoms with Gasteiger partial charge >= 0.3 is 5.97 Å². The van der Waals surface area contributed by atoms with Crippen LogP contribution in [0.4, 0.5) is 0 Å². The molecule has 17 heavy (non-hydrogen) atoms. The van der Waals surface area contributed by atoms with E-state index in [0.29, 0.717) is 17.7 Å². The summed E-state index contributed by atoms with van der Waals surface area (Å²) < 4.78 is 4.84. The Morgan fingerprint density at radius 2 is 2.00 bits per heavy atom. The molecule has 1 aromatic rings. The van der Waals surface area contributed by atoms with Crippen LogP contribution in [0.25, 0.3) is 0 Å². The van der Waals surface area contributed by atoms with Crippen LogP contribution in [-0.4, -0.2) is 17.6 Å². The molecule has 0 aliphatic heterocycles. The topological polar surface area (TPSA) is 59.2 Å². The molecule has 0 aliphatic rings. The monoisotopic (exact) mass is 239 g/mol. The minimum absolute atomic E-state index is 0.0862. The lowest BCUT2D eigenvalue weighted by Crippen LogP contribution is -2.16. The summed E-state index contributed by atoms with van der Waals surface area (Å²) in [5.74, 6) is -0.321. The van der Waals surface area contributed by atoms with Crippen LogP contribution in [-0.2, 0) is 4.74 Å². The second-order valence-electron chi connectivity index (χ2n) is 3.55. The molecule has 0 saturated heterocycles. The summed E-state index contributed by atoms with van der Waals surface area (Å²) in [5, 5.41) is 0. The maximum atomic E-state index is 11.4. The van der Waals surface area contributed by atoms with Gasteiger partial charge in [-0.15, -0.1) is 0 Å². The van der Waals surface area contributed by atoms with Crippen molar-refractivity contribution in [3.8, 4) is 0 Å². The average molecular weight is 239 g/mol. The summed E-state index contributed by atoms with van der Waals surface area (Å²) in [6.07, 6.45) is 1.38. The molecule has 4 heteroatoms. The zero-order valence-electron chi connectivity index (χ0n) is 11.2. The van der Waals surface area contributed by atoms with Crippen molar-refractivity contribution in [1.82, 2.24) is 4.98 Å². The maximum absolute atomic E-state index is 11.4. The van der Waals surface area contributed by atoms with E-state index >= 15 is 0 Å². The zero-order chi connectivity index (χ0) is 13.4. The van der Waals surface area contributed by atoms with Gasteiger partial charge in [-0.1, -0.05) is 27.7 Å². The van der Waals surface area contributed by atoms with Crippen LogP contribution in [0.3, 0.4) is 0 Å². The first-order valence-electron chi connectivity index (χ1n) is 5.96. The van der Waals surface area contributed by atoms with Crippen molar-refractivity contribution >= 4 is 5.97 Å². The number of aromatic amines is 1. The van der Waals surface area contributed by atoms with Crippen molar-refractivity contribution in [3.63, 3.8) is 0 Å². The predicted octanol–water partition coefficient (Wildman–Crippen LogP) is 2.70. The Balaban J connectivity index is 0.00000121. The van der Waals surface area contributed by atoms with E-state index in [0.717, 1.165) is 0 Å². The third-order valence-corrected chi connectivity index (χ3v) is 2.07. The SMILES string of the molecule is CC.CCOC(=O)c1c[nH]c(=O)c(C(C)C)c1. The Kier molecular flexibility index (Phi) is 6.94. The van der Waals surface area contributed by atoms with Gasteiger partial charge in [0.25, 0.3) is 5.56 Å². The molecule has 0 bridgehead atoms. The molecule has 1 N–H and O–H groups in total. The highest BCUT2D eigenvalue weighted by Crippen LogP contribution is 2.10. The van der Waals surface area contributed by atoms with Gasteiger partial charge in [0, 0.05) is 11.8 Å². The fraction of sp³-hybridized carbons (Fsp3) is 0.538. The fourth-order valence-electron chi connectivity index (χ4n) is 1.26. The number of H-pyrrole nitrogens is 1. The van der Waals surface area contributed by atoms with Crippen molar-refractivity contribution in [2.45, 2.75) is 40.5 Å². The third kappa shape index (κ3) is 4.43. The van der Waals surface area contributed by atoms with Crippen molar-refractivity contribution in [2.75, 3.05) is 6.61 Å². The third-order valence-electron chi connectivity index (χ3n) is 2.07. The molecule has 0 aromatic carbocycles. The quantitative estimate of drug-likeness (QED) is 0.825. The first kappa shape index (κ1) is 15.4. The van der Waals surface area contributed by atoms with Crippen LogP contribution in [0.2, 0.25) is 0 Å². The van der Waals surface area contributed by atoms with Gasteiger partial charge in [0.2, 0.25) is 0 Å². The number of hydrogen-bond acceptors (Lipinski definition) is 3. The van der Waals surface area contributed by atoms with E-state index in [1.54, 1.807) is 13.0 Å². The molecule has 0 unspecified atom stereocenters. The van der Waals surface area contributed by atoms with E-state index in [2.05, 4.69) is 4.98 Å². The highest BCUT2D eigenvalue weighted by molar-refractivity contribution is 5.89. The number of hydrogen-bond donors (Lipinski definition) is 1. The van der Waals surface area contributed by atoms with E-state index < -0.39 is 5.97 Å². The second-order valence-corrected chi connectivity index (χ2v) is 3.55. The normalized spacial score (nSPS) is 9.53. The molecule has 0 aliphatic carbocycles. The van der Waals surface area contributed by atoms with Gasteiger partial charge in [-0.2, -0.15) is 0 Å². The van der Waals surface area contributed by atoms with Gasteiger partial charge in [-0.05, 0) is 18.9 Å². The molecule has 0 saturated carbocycles. The highest BCUT2D eigenvalue weighted by atomic mass is 16.5. The lowest BCUT2D eigenvalue weighted by atomic mass is 10.0. The minimum atomic E-state index is -0.407. The van der Waals surface area contributed by atoms with Crippen LogP contribution >= 0.6 is 0 Å². The summed E-state index contributed by atoms with van der Waals surface area (Å²) in [4.78, 5) is 25.3. The first-order valence-corrected chi connectivity index (χ1v) is 5.96. The fourth-order valence-corrected chi connectivity index (χ4v) is 1.26. The summed E-state index contributed by atoms with van der Waals surface area (Å²) in [5.41, 5.74) is 0.832. The maximum Gasteiger partial charge on any atom is 0.339 e. The molecule has 0 fully saturated rings. The number of rotatable bonds is 3. The summed E-state index contributed by atoms with van der Waals surface area (Å²) in [6.45, 7) is 9.88. The van der Waals surface area contributed by atoms with Crippen molar-refractivity contribution in [2.24, 2.45) is 0 Å². The molecule has 1 rings (SSSR count). The van der Waals surface area contributed by atoms with E-state index in [1.165, 1.54) is 6.20 Å². The molecule has 0 radical (unpaired) electrons. The van der Waals surface area contributed by atoms with E-state index in [-0.39, 0.29) is 11.5 Å². The number of carbonyl (C=O) groups excluding carboxylic acids is 1. The molecular weight excluding hydrogens is 218 g/mol. The van der Waals surface area contributed by atoms with Crippen LogP contribution in [0, 0.1) is 0 Å². The number of esters is 1. The van der Waals surface area contributed by atoms with E-state index in [4.69, 9.17) is 4.74 Å². The molecule has 1 heterocycles. The Labute approximate surface area is 102 Å². The zero-order valence-corrected chi connectivity index (χ0v) is 11.2. The molecule has 0 spiro atoms. The Morgan fingerprint density at radius 3 is 2.47 bits per heavy atom. The molecule has 1 aromatic heterocycles. The molecule has 0 atom stereocenters. The van der Waals surface area contributed by atoms with Crippen LogP contribution < -0.4 is 5.56 Å². The number of carbonyl (C=O) groups is 1. The largest absolute Gasteiger partial charge is 0.462 e. The highest BCUT2D eigenvalue weighted by Gasteiger charge is 2.11. The number of aromatic nitrogens is 1. The Hall–Kier alpha value is -1.58. The lowest BCUT2D eigenvalue weighted by molar-refractivity contribution is 0.0525. The standard InChI is InChI=1S/C11H15NO3.C2H6/c1-4-15-11(14)8-5-9(7(2)3)10(13)12-6-8;1-2/h5-7H,4H2,1-3H3,(H,12,13);1-2H3. The van der Waals surface area contributed by atoms with Gasteiger partial charge in [0.05, 0.1) is 12.2 Å². The van der Waals surface area contributed by atoms with Gasteiger partial charge < -0.3 is 9.72 Å². The van der Waals surface area contributed by atoms with Gasteiger partial charge in [-0.3, -0.25) is 4.79 Å². The predicted molar refractivity (Wildman–Crippen MR) is 68.5 cm³/mol. The average Bonchev–Trinajstić information content (AvgIpc) is 2.32. The van der Waals surface area contributed by atoms with Crippen LogP contribution in [0.1, 0.15) is 56.5 Å². The van der Waals surface area contributed by atoms with Crippen molar-refractivity contribution in [3.05, 3.63) is 33.7 Å². The van der Waals surface area contributed by atoms with Crippen LogP contribution in [0.15, 0.2) is 17.1 Å². The van der Waals surface area contributed by atoms with Gasteiger partial charge in [0.15, 0.2) is 0 Å². The Bertz CT molecular complexity index is 407. The number of pyridine rings is 1. The van der Waals surface area contributed by atoms with Gasteiger partial charge in [0.1, 0.15) is 0 Å². The Morgan fingerprint density at radius 1 is 1.41 bits per heavy atom. The van der Waals surface area contributed by atoms with E-state index in [9.17, 15) is 9.59 Å². The van der Waals surface area contributed by atoms with Crippen LogP contribution in [0.5, 0.6) is 0 Å². The summed E-state index contributed by atoms with van der Waals surface area (Å²) >= 11 is 0. The first-order chi connectivity index (χ1) is 8.06. The molecule has 0 amide bonds.